The molecule has 1 aromatic carbocycles. The Morgan fingerprint density at radius 1 is 1.24 bits per heavy atom. The molecule has 0 unspecified atom stereocenters. The van der Waals surface area contributed by atoms with Gasteiger partial charge in [-0.3, -0.25) is 4.98 Å². The molecule has 0 aliphatic heterocycles. The normalized spacial score (nSPS) is 10.2. The number of nitrogens with one attached hydrogen (secondary N) is 1. The summed E-state index contributed by atoms with van der Waals surface area (Å²) in [5.74, 6) is 0. The van der Waals surface area contributed by atoms with E-state index >= 15 is 0 Å². The molecule has 17 heavy (non-hydrogen) atoms. The highest BCUT2D eigenvalue weighted by Crippen LogP contribution is 2.12. The third kappa shape index (κ3) is 3.04. The van der Waals surface area contributed by atoms with Crippen molar-refractivity contribution in [1.82, 2.24) is 4.98 Å². The molecule has 0 saturated heterocycles. The van der Waals surface area contributed by atoms with Gasteiger partial charge in [-0.2, -0.15) is 0 Å². The summed E-state index contributed by atoms with van der Waals surface area (Å²) in [4.78, 5) is 4.34. The Labute approximate surface area is 102 Å². The van der Waals surface area contributed by atoms with E-state index in [4.69, 9.17) is 5.73 Å². The van der Waals surface area contributed by atoms with Crippen molar-refractivity contribution in [3.05, 3.63) is 59.4 Å². The molecule has 0 spiro atoms. The molecule has 3 nitrogen and oxygen atoms in total. The van der Waals surface area contributed by atoms with E-state index in [0.717, 1.165) is 16.9 Å². The van der Waals surface area contributed by atoms with Crippen LogP contribution in [-0.4, -0.2) is 4.98 Å². The zero-order chi connectivity index (χ0) is 12.1. The number of anilines is 1. The van der Waals surface area contributed by atoms with Crippen molar-refractivity contribution in [2.75, 3.05) is 5.32 Å². The lowest BCUT2D eigenvalue weighted by Crippen LogP contribution is -2.08. The number of pyridine rings is 1. The van der Waals surface area contributed by atoms with Gasteiger partial charge in [-0.1, -0.05) is 18.2 Å². The van der Waals surface area contributed by atoms with Gasteiger partial charge in [0.25, 0.3) is 0 Å². The van der Waals surface area contributed by atoms with E-state index in [-0.39, 0.29) is 0 Å². The van der Waals surface area contributed by atoms with Crippen molar-refractivity contribution in [2.24, 2.45) is 5.73 Å². The third-order valence-electron chi connectivity index (χ3n) is 2.68. The monoisotopic (exact) mass is 227 g/mol. The fourth-order valence-corrected chi connectivity index (χ4v) is 1.76. The molecule has 3 heteroatoms. The molecule has 88 valence electrons. The van der Waals surface area contributed by atoms with Crippen LogP contribution < -0.4 is 11.1 Å². The van der Waals surface area contributed by atoms with Crippen molar-refractivity contribution in [2.45, 2.75) is 20.0 Å². The van der Waals surface area contributed by atoms with Crippen LogP contribution in [0.15, 0.2) is 42.6 Å². The fourth-order valence-electron chi connectivity index (χ4n) is 1.76. The first-order chi connectivity index (χ1) is 8.29. The summed E-state index contributed by atoms with van der Waals surface area (Å²) < 4.78 is 0. The first-order valence-corrected chi connectivity index (χ1v) is 5.73. The average molecular weight is 227 g/mol. The number of nitrogens with zero attached hydrogens (tertiary/aromatic N) is 1. The summed E-state index contributed by atoms with van der Waals surface area (Å²) >= 11 is 0. The van der Waals surface area contributed by atoms with Gasteiger partial charge in [-0.25, -0.2) is 0 Å². The van der Waals surface area contributed by atoms with Crippen molar-refractivity contribution < 1.29 is 0 Å². The summed E-state index contributed by atoms with van der Waals surface area (Å²) in [6, 6.07) is 12.2. The highest BCUT2D eigenvalue weighted by Gasteiger charge is 2.01. The van der Waals surface area contributed by atoms with Crippen molar-refractivity contribution >= 4 is 5.69 Å². The lowest BCUT2D eigenvalue weighted by molar-refractivity contribution is 0.951. The van der Waals surface area contributed by atoms with Crippen LogP contribution in [0.25, 0.3) is 0 Å². The minimum atomic E-state index is 0.526. The van der Waals surface area contributed by atoms with Gasteiger partial charge in [0, 0.05) is 18.4 Å². The molecular weight excluding hydrogens is 210 g/mol. The minimum absolute atomic E-state index is 0.526. The Morgan fingerprint density at radius 2 is 2.12 bits per heavy atom. The minimum Gasteiger partial charge on any atom is -0.379 e. The van der Waals surface area contributed by atoms with E-state index < -0.39 is 0 Å². The number of aryl methyl sites for hydroxylation is 1. The first-order valence-electron chi connectivity index (χ1n) is 5.73. The predicted octanol–water partition coefficient (Wildman–Crippen LogP) is 2.46. The molecule has 1 heterocycles. The van der Waals surface area contributed by atoms with Gasteiger partial charge in [-0.15, -0.1) is 0 Å². The number of nitrogens with two attached hydrogens (primary N) is 1. The average Bonchev–Trinajstić information content (AvgIpc) is 2.37. The van der Waals surface area contributed by atoms with E-state index in [0.29, 0.717) is 13.1 Å². The van der Waals surface area contributed by atoms with Crippen LogP contribution in [0, 0.1) is 6.92 Å². The van der Waals surface area contributed by atoms with Gasteiger partial charge in [0.2, 0.25) is 0 Å². The Kier molecular flexibility index (Phi) is 3.73. The van der Waals surface area contributed by atoms with Crippen molar-refractivity contribution in [3.8, 4) is 0 Å². The molecule has 0 aliphatic carbocycles. The maximum Gasteiger partial charge on any atom is 0.0639 e. The molecule has 3 N–H and O–H groups in total. The number of hydrogen-bond acceptors (Lipinski definition) is 3. The Morgan fingerprint density at radius 3 is 2.88 bits per heavy atom. The molecule has 2 rings (SSSR count). The third-order valence-corrected chi connectivity index (χ3v) is 2.68. The van der Waals surface area contributed by atoms with Gasteiger partial charge in [-0.05, 0) is 36.2 Å². The molecule has 0 saturated carbocycles. The molecule has 0 atom stereocenters. The van der Waals surface area contributed by atoms with Crippen LogP contribution >= 0.6 is 0 Å². The van der Waals surface area contributed by atoms with Crippen LogP contribution in [0.5, 0.6) is 0 Å². The van der Waals surface area contributed by atoms with Gasteiger partial charge < -0.3 is 11.1 Å². The summed E-state index contributed by atoms with van der Waals surface area (Å²) in [6.45, 7) is 3.31. The molecule has 1 aromatic heterocycles. The number of hydrogen-bond donors (Lipinski definition) is 2. The quantitative estimate of drug-likeness (QED) is 0.843. The molecule has 0 fully saturated rings. The smallest absolute Gasteiger partial charge is 0.0639 e. The lowest BCUT2D eigenvalue weighted by Gasteiger charge is -2.09. The van der Waals surface area contributed by atoms with Crippen LogP contribution in [0.3, 0.4) is 0 Å². The molecular formula is C14H17N3. The van der Waals surface area contributed by atoms with Crippen LogP contribution in [0.1, 0.15) is 16.8 Å². The Bertz CT molecular complexity index is 494. The second-order valence-electron chi connectivity index (χ2n) is 4.04. The van der Waals surface area contributed by atoms with Gasteiger partial charge >= 0.3 is 0 Å². The van der Waals surface area contributed by atoms with Crippen LogP contribution in [0.2, 0.25) is 0 Å². The van der Waals surface area contributed by atoms with E-state index in [1.165, 1.54) is 5.56 Å². The maximum absolute atomic E-state index is 5.68. The van der Waals surface area contributed by atoms with Crippen molar-refractivity contribution in [3.63, 3.8) is 0 Å². The summed E-state index contributed by atoms with van der Waals surface area (Å²) in [5.41, 5.74) is 10.1. The molecule has 0 amide bonds. The largest absolute Gasteiger partial charge is 0.379 e. The number of aromatic nitrogens is 1. The molecule has 2 aromatic rings. The zero-order valence-corrected chi connectivity index (χ0v) is 9.98. The predicted molar refractivity (Wildman–Crippen MR) is 70.6 cm³/mol. The maximum atomic E-state index is 5.68. The van der Waals surface area contributed by atoms with Crippen LogP contribution in [-0.2, 0) is 13.1 Å². The standard InChI is InChI=1S/C14H17N3/c1-11-4-2-6-13(8-11)17-10-14-12(9-15)5-3-7-16-14/h2-8,17H,9-10,15H2,1H3. The van der Waals surface area contributed by atoms with E-state index in [1.807, 2.05) is 18.2 Å². The lowest BCUT2D eigenvalue weighted by atomic mass is 10.2. The highest BCUT2D eigenvalue weighted by molar-refractivity contribution is 5.45. The van der Waals surface area contributed by atoms with Gasteiger partial charge in [0.05, 0.1) is 12.2 Å². The second kappa shape index (κ2) is 5.46. The topological polar surface area (TPSA) is 50.9 Å². The molecule has 0 radical (unpaired) electrons. The SMILES string of the molecule is Cc1cccc(NCc2ncccc2CN)c1. The molecule has 0 aliphatic rings. The van der Waals surface area contributed by atoms with Gasteiger partial charge in [0.1, 0.15) is 0 Å². The zero-order valence-electron chi connectivity index (χ0n) is 9.98. The van der Waals surface area contributed by atoms with E-state index in [9.17, 15) is 0 Å². The van der Waals surface area contributed by atoms with Gasteiger partial charge in [0.15, 0.2) is 0 Å². The van der Waals surface area contributed by atoms with Crippen LogP contribution in [0.4, 0.5) is 5.69 Å². The Hall–Kier alpha value is -1.87. The Balaban J connectivity index is 2.07. The second-order valence-corrected chi connectivity index (χ2v) is 4.04. The number of benzene rings is 1. The number of rotatable bonds is 4. The van der Waals surface area contributed by atoms with E-state index in [1.54, 1.807) is 6.20 Å². The summed E-state index contributed by atoms with van der Waals surface area (Å²) in [5, 5.41) is 3.36. The summed E-state index contributed by atoms with van der Waals surface area (Å²) in [6.07, 6.45) is 1.80. The molecule has 0 bridgehead atoms. The van der Waals surface area contributed by atoms with Crippen molar-refractivity contribution in [1.29, 1.82) is 0 Å². The van der Waals surface area contributed by atoms with E-state index in [2.05, 4.69) is 35.4 Å². The fraction of sp³-hybridized carbons (Fsp3) is 0.214. The highest BCUT2D eigenvalue weighted by atomic mass is 14.9. The summed E-state index contributed by atoms with van der Waals surface area (Å²) in [7, 11) is 0. The first kappa shape index (κ1) is 11.6.